The van der Waals surface area contributed by atoms with Crippen LogP contribution < -0.4 is 20.9 Å². The molecule has 0 bridgehead atoms. The minimum absolute atomic E-state index is 0.103. The Labute approximate surface area is 201 Å². The van der Waals surface area contributed by atoms with E-state index in [0.29, 0.717) is 12.1 Å². The highest BCUT2D eigenvalue weighted by atomic mass is 32.2. The molecule has 0 saturated heterocycles. The van der Waals surface area contributed by atoms with Gasteiger partial charge < -0.3 is 5.11 Å². The number of benzene rings is 3. The van der Waals surface area contributed by atoms with E-state index in [-0.39, 0.29) is 23.7 Å². The number of hydrazine groups is 1. The molecule has 0 amide bonds. The van der Waals surface area contributed by atoms with Crippen LogP contribution in [-0.4, -0.2) is 25.7 Å². The van der Waals surface area contributed by atoms with Crippen molar-refractivity contribution in [2.24, 2.45) is 0 Å². The Balaban J connectivity index is 1.62. The van der Waals surface area contributed by atoms with Gasteiger partial charge in [0.2, 0.25) is 10.0 Å². The molecule has 3 aromatic carbocycles. The van der Waals surface area contributed by atoms with E-state index in [9.17, 15) is 13.5 Å². The van der Waals surface area contributed by atoms with E-state index < -0.39 is 15.6 Å². The Morgan fingerprint density at radius 3 is 2.32 bits per heavy atom. The molecule has 0 spiro atoms. The molecular formula is C26H32N4O3S. The van der Waals surface area contributed by atoms with Crippen molar-refractivity contribution in [3.8, 4) is 0 Å². The van der Waals surface area contributed by atoms with Crippen LogP contribution in [0.4, 0.5) is 0 Å². The van der Waals surface area contributed by atoms with Crippen molar-refractivity contribution in [2.75, 3.05) is 6.61 Å². The van der Waals surface area contributed by atoms with Crippen LogP contribution in [0.1, 0.15) is 53.9 Å². The van der Waals surface area contributed by atoms with E-state index in [1.54, 1.807) is 26.8 Å². The summed E-state index contributed by atoms with van der Waals surface area (Å²) < 4.78 is 28.8. The Hall–Kier alpha value is -2.59. The van der Waals surface area contributed by atoms with Gasteiger partial charge in [-0.2, -0.15) is 0 Å². The summed E-state index contributed by atoms with van der Waals surface area (Å²) in [5.74, 6) is 0. The fourth-order valence-corrected chi connectivity index (χ4v) is 5.82. The van der Waals surface area contributed by atoms with Gasteiger partial charge in [0.15, 0.2) is 0 Å². The van der Waals surface area contributed by atoms with E-state index >= 15 is 0 Å². The number of hydrogen-bond donors (Lipinski definition) is 5. The number of hydrogen-bond acceptors (Lipinski definition) is 6. The number of aliphatic hydroxyl groups is 1. The van der Waals surface area contributed by atoms with Crippen LogP contribution in [-0.2, 0) is 16.6 Å². The third-order valence-corrected chi connectivity index (χ3v) is 7.82. The van der Waals surface area contributed by atoms with Crippen LogP contribution in [0.15, 0.2) is 77.7 Å². The average Bonchev–Trinajstić information content (AvgIpc) is 2.83. The molecule has 7 nitrogen and oxygen atoms in total. The standard InChI is InChI=1S/C26H32N4O3S/c1-18-13-14-20(15-23(18)34(32,33)30-26(2,3)17-31)24-21-11-7-8-12-22(21)25(29-28-24)27-16-19-9-5-4-6-10-19/h4-15,24-25,27-31H,16-17H2,1-3H3. The quantitative estimate of drug-likeness (QED) is 0.340. The Morgan fingerprint density at radius 2 is 1.62 bits per heavy atom. The number of rotatable bonds is 8. The number of nitrogens with one attached hydrogen (secondary N) is 4. The van der Waals surface area contributed by atoms with Gasteiger partial charge in [-0.1, -0.05) is 66.7 Å². The minimum atomic E-state index is -3.82. The topological polar surface area (TPSA) is 102 Å². The van der Waals surface area contributed by atoms with Gasteiger partial charge in [0.05, 0.1) is 29.2 Å². The summed E-state index contributed by atoms with van der Waals surface area (Å²) in [5, 5.41) is 13.1. The molecule has 1 aliphatic heterocycles. The first-order valence-corrected chi connectivity index (χ1v) is 12.8. The molecule has 2 atom stereocenters. The van der Waals surface area contributed by atoms with Gasteiger partial charge in [-0.15, -0.1) is 0 Å². The Morgan fingerprint density at radius 1 is 0.941 bits per heavy atom. The first kappa shape index (κ1) is 24.5. The Bertz CT molecular complexity index is 1250. The molecule has 0 fully saturated rings. The second-order valence-corrected chi connectivity index (χ2v) is 11.0. The van der Waals surface area contributed by atoms with Crippen molar-refractivity contribution in [1.29, 1.82) is 0 Å². The fraction of sp³-hybridized carbons (Fsp3) is 0.308. The maximum Gasteiger partial charge on any atom is 0.241 e. The number of aliphatic hydroxyl groups excluding tert-OH is 1. The summed E-state index contributed by atoms with van der Waals surface area (Å²) in [6.07, 6.45) is -0.103. The van der Waals surface area contributed by atoms with Gasteiger partial charge in [0, 0.05) is 6.54 Å². The molecule has 4 rings (SSSR count). The van der Waals surface area contributed by atoms with Gasteiger partial charge in [-0.3, -0.25) is 5.32 Å². The molecule has 0 radical (unpaired) electrons. The summed E-state index contributed by atoms with van der Waals surface area (Å²) in [6, 6.07) is 23.6. The third-order valence-electron chi connectivity index (χ3n) is 5.98. The van der Waals surface area contributed by atoms with Crippen LogP contribution in [0, 0.1) is 6.92 Å². The number of fused-ring (bicyclic) bond motifs is 1. The van der Waals surface area contributed by atoms with Crippen LogP contribution in [0.25, 0.3) is 0 Å². The first-order chi connectivity index (χ1) is 16.2. The molecule has 0 aromatic heterocycles. The van der Waals surface area contributed by atoms with Gasteiger partial charge in [0.1, 0.15) is 0 Å². The summed E-state index contributed by atoms with van der Waals surface area (Å²) in [5.41, 5.74) is 10.6. The van der Waals surface area contributed by atoms with Gasteiger partial charge >= 0.3 is 0 Å². The highest BCUT2D eigenvalue weighted by molar-refractivity contribution is 7.89. The smallest absolute Gasteiger partial charge is 0.241 e. The van der Waals surface area contributed by atoms with Gasteiger partial charge in [-0.25, -0.2) is 24.0 Å². The zero-order chi connectivity index (χ0) is 24.3. The van der Waals surface area contributed by atoms with Crippen molar-refractivity contribution >= 4 is 10.0 Å². The lowest BCUT2D eigenvalue weighted by Crippen LogP contribution is -2.49. The highest BCUT2D eigenvalue weighted by Crippen LogP contribution is 2.33. The van der Waals surface area contributed by atoms with Crippen LogP contribution >= 0.6 is 0 Å². The third kappa shape index (κ3) is 5.38. The predicted octanol–water partition coefficient (Wildman–Crippen LogP) is 3.03. The van der Waals surface area contributed by atoms with E-state index in [4.69, 9.17) is 0 Å². The van der Waals surface area contributed by atoms with Crippen molar-refractivity contribution in [1.82, 2.24) is 20.9 Å². The Kier molecular flexibility index (Phi) is 7.18. The molecule has 180 valence electrons. The summed E-state index contributed by atoms with van der Waals surface area (Å²) in [7, 11) is -3.82. The first-order valence-electron chi connectivity index (χ1n) is 11.3. The molecule has 3 aromatic rings. The van der Waals surface area contributed by atoms with E-state index in [1.807, 2.05) is 42.5 Å². The van der Waals surface area contributed by atoms with E-state index in [1.165, 1.54) is 5.56 Å². The monoisotopic (exact) mass is 480 g/mol. The van der Waals surface area contributed by atoms with Crippen molar-refractivity contribution in [2.45, 2.75) is 50.0 Å². The summed E-state index contributed by atoms with van der Waals surface area (Å²) in [4.78, 5) is 0.204. The molecule has 0 saturated carbocycles. The number of sulfonamides is 1. The zero-order valence-corrected chi connectivity index (χ0v) is 20.5. The van der Waals surface area contributed by atoms with Crippen molar-refractivity contribution in [3.63, 3.8) is 0 Å². The molecule has 0 aliphatic carbocycles. The van der Waals surface area contributed by atoms with Crippen LogP contribution in [0.5, 0.6) is 0 Å². The largest absolute Gasteiger partial charge is 0.394 e. The molecular weight excluding hydrogens is 448 g/mol. The fourth-order valence-electron chi connectivity index (χ4n) is 4.14. The second kappa shape index (κ2) is 9.95. The second-order valence-electron chi connectivity index (χ2n) is 9.32. The van der Waals surface area contributed by atoms with E-state index in [0.717, 1.165) is 16.7 Å². The summed E-state index contributed by atoms with van der Waals surface area (Å²) >= 11 is 0. The predicted molar refractivity (Wildman–Crippen MR) is 133 cm³/mol. The molecule has 1 heterocycles. The lowest BCUT2D eigenvalue weighted by atomic mass is 9.91. The van der Waals surface area contributed by atoms with E-state index in [2.05, 4.69) is 45.2 Å². The number of aryl methyl sites for hydroxylation is 1. The minimum Gasteiger partial charge on any atom is -0.394 e. The van der Waals surface area contributed by atoms with Gasteiger partial charge in [0.25, 0.3) is 0 Å². The van der Waals surface area contributed by atoms with Crippen molar-refractivity contribution in [3.05, 3.63) is 101 Å². The zero-order valence-electron chi connectivity index (χ0n) is 19.7. The summed E-state index contributed by atoms with van der Waals surface area (Å²) in [6.45, 7) is 5.47. The molecule has 1 aliphatic rings. The van der Waals surface area contributed by atoms with Crippen LogP contribution in [0.2, 0.25) is 0 Å². The normalized spacial score (nSPS) is 18.5. The molecule has 2 unspecified atom stereocenters. The lowest BCUT2D eigenvalue weighted by molar-refractivity contribution is 0.208. The van der Waals surface area contributed by atoms with Crippen molar-refractivity contribution < 1.29 is 13.5 Å². The van der Waals surface area contributed by atoms with Crippen LogP contribution in [0.3, 0.4) is 0 Å². The highest BCUT2D eigenvalue weighted by Gasteiger charge is 2.30. The molecule has 8 heteroatoms. The average molecular weight is 481 g/mol. The lowest BCUT2D eigenvalue weighted by Gasteiger charge is -2.34. The molecule has 5 N–H and O–H groups in total. The SMILES string of the molecule is Cc1ccc(C2NNC(NCc3ccccc3)c3ccccc32)cc1S(=O)(=O)NC(C)(C)CO. The maximum atomic E-state index is 13.1. The molecule has 34 heavy (non-hydrogen) atoms. The maximum absolute atomic E-state index is 13.1. The van der Waals surface area contributed by atoms with Gasteiger partial charge in [-0.05, 0) is 54.7 Å².